The lowest BCUT2D eigenvalue weighted by atomic mass is 9.96. The van der Waals surface area contributed by atoms with Gasteiger partial charge in [0, 0.05) is 18.8 Å². The van der Waals surface area contributed by atoms with Gasteiger partial charge in [-0.1, -0.05) is 31.4 Å². The molecule has 110 valence electrons. The van der Waals surface area contributed by atoms with Crippen LogP contribution in [-0.4, -0.2) is 24.2 Å². The third-order valence-corrected chi connectivity index (χ3v) is 4.41. The number of rotatable bonds is 4. The predicted octanol–water partition coefficient (Wildman–Crippen LogP) is 4.44. The molecule has 1 unspecified atom stereocenters. The Morgan fingerprint density at radius 1 is 1.40 bits per heavy atom. The van der Waals surface area contributed by atoms with Gasteiger partial charge in [0.05, 0.1) is 10.6 Å². The highest BCUT2D eigenvalue weighted by atomic mass is 35.5. The van der Waals surface area contributed by atoms with Crippen molar-refractivity contribution in [3.63, 3.8) is 0 Å². The van der Waals surface area contributed by atoms with Crippen LogP contribution in [0.5, 0.6) is 0 Å². The van der Waals surface area contributed by atoms with E-state index in [1.807, 2.05) is 6.07 Å². The fraction of sp³-hybridized carbons (Fsp3) is 0.562. The predicted molar refractivity (Wildman–Crippen MR) is 82.9 cm³/mol. The molecule has 0 amide bonds. The van der Waals surface area contributed by atoms with Crippen LogP contribution in [0.1, 0.15) is 49.4 Å². The molecule has 1 aliphatic heterocycles. The molecule has 3 nitrogen and oxygen atoms in total. The largest absolute Gasteiger partial charge is 0.478 e. The molecule has 0 aromatic heterocycles. The van der Waals surface area contributed by atoms with Crippen LogP contribution in [0.2, 0.25) is 5.02 Å². The second-order valence-corrected chi connectivity index (χ2v) is 5.95. The standard InChI is InChI=1S/C16H22ClNO2/c1-2-4-12-5-3-9-18(10-8-12)13-6-7-14(16(19)20)15(17)11-13/h6-7,11-12H,2-5,8-10H2,1H3,(H,19,20). The Morgan fingerprint density at radius 2 is 2.20 bits per heavy atom. The van der Waals surface area contributed by atoms with Gasteiger partial charge in [0.15, 0.2) is 0 Å². The topological polar surface area (TPSA) is 40.5 Å². The molecule has 1 aromatic carbocycles. The van der Waals surface area contributed by atoms with Crippen LogP contribution < -0.4 is 4.90 Å². The number of hydrogen-bond donors (Lipinski definition) is 1. The summed E-state index contributed by atoms with van der Waals surface area (Å²) in [5.74, 6) is -0.140. The number of nitrogens with zero attached hydrogens (tertiary/aromatic N) is 1. The molecule has 4 heteroatoms. The maximum absolute atomic E-state index is 11.0. The van der Waals surface area contributed by atoms with Crippen molar-refractivity contribution in [2.45, 2.75) is 39.0 Å². The lowest BCUT2D eigenvalue weighted by Gasteiger charge is -2.23. The van der Waals surface area contributed by atoms with Crippen LogP contribution in [-0.2, 0) is 0 Å². The van der Waals surface area contributed by atoms with Gasteiger partial charge in [-0.05, 0) is 43.4 Å². The molecule has 1 aromatic rings. The molecule has 1 atom stereocenters. The smallest absolute Gasteiger partial charge is 0.337 e. The summed E-state index contributed by atoms with van der Waals surface area (Å²) in [4.78, 5) is 13.3. The molecule has 0 bridgehead atoms. The first kappa shape index (κ1) is 15.2. The summed E-state index contributed by atoms with van der Waals surface area (Å²) in [6.07, 6.45) is 6.27. The van der Waals surface area contributed by atoms with Gasteiger partial charge in [-0.25, -0.2) is 4.79 Å². The van der Waals surface area contributed by atoms with Crippen LogP contribution in [0.4, 0.5) is 5.69 Å². The number of carbonyl (C=O) groups is 1. The van der Waals surface area contributed by atoms with Crippen molar-refractivity contribution >= 4 is 23.3 Å². The number of carboxylic acids is 1. The molecule has 0 saturated carbocycles. The van der Waals surface area contributed by atoms with E-state index in [4.69, 9.17) is 16.7 Å². The number of anilines is 1. The van der Waals surface area contributed by atoms with Crippen LogP contribution >= 0.6 is 11.6 Å². The van der Waals surface area contributed by atoms with Gasteiger partial charge in [-0.2, -0.15) is 0 Å². The highest BCUT2D eigenvalue weighted by Gasteiger charge is 2.18. The Balaban J connectivity index is 2.08. The molecule has 1 aliphatic rings. The van der Waals surface area contributed by atoms with Gasteiger partial charge in [-0.3, -0.25) is 0 Å². The minimum Gasteiger partial charge on any atom is -0.478 e. The Bertz CT molecular complexity index is 476. The number of aromatic carboxylic acids is 1. The monoisotopic (exact) mass is 295 g/mol. The van der Waals surface area contributed by atoms with Gasteiger partial charge < -0.3 is 10.0 Å². The lowest BCUT2D eigenvalue weighted by molar-refractivity contribution is 0.0697. The third kappa shape index (κ3) is 3.66. The fourth-order valence-electron chi connectivity index (χ4n) is 2.99. The van der Waals surface area contributed by atoms with Crippen molar-refractivity contribution in [3.05, 3.63) is 28.8 Å². The summed E-state index contributed by atoms with van der Waals surface area (Å²) in [5, 5.41) is 9.33. The quantitative estimate of drug-likeness (QED) is 0.892. The minimum absolute atomic E-state index is 0.175. The molecule has 0 spiro atoms. The maximum Gasteiger partial charge on any atom is 0.337 e. The van der Waals surface area contributed by atoms with E-state index in [2.05, 4.69) is 11.8 Å². The van der Waals surface area contributed by atoms with E-state index in [0.29, 0.717) is 5.02 Å². The van der Waals surface area contributed by atoms with Gasteiger partial charge in [0.1, 0.15) is 0 Å². The fourth-order valence-corrected chi connectivity index (χ4v) is 3.25. The van der Waals surface area contributed by atoms with Crippen molar-refractivity contribution in [1.82, 2.24) is 0 Å². The molecule has 1 saturated heterocycles. The van der Waals surface area contributed by atoms with Crippen LogP contribution in [0.25, 0.3) is 0 Å². The number of hydrogen-bond acceptors (Lipinski definition) is 2. The second kappa shape index (κ2) is 6.98. The molecule has 1 fully saturated rings. The molecule has 0 aliphatic carbocycles. The Hall–Kier alpha value is -1.22. The zero-order chi connectivity index (χ0) is 14.5. The van der Waals surface area contributed by atoms with Crippen LogP contribution in [0.15, 0.2) is 18.2 Å². The first-order chi connectivity index (χ1) is 9.61. The van der Waals surface area contributed by atoms with Crippen LogP contribution in [0.3, 0.4) is 0 Å². The van der Waals surface area contributed by atoms with E-state index in [1.165, 1.54) is 32.1 Å². The maximum atomic E-state index is 11.0. The summed E-state index contributed by atoms with van der Waals surface area (Å²) in [6.45, 7) is 4.31. The number of carboxylic acid groups (broad SMARTS) is 1. The Labute approximate surface area is 125 Å². The van der Waals surface area contributed by atoms with Crippen molar-refractivity contribution in [3.8, 4) is 0 Å². The van der Waals surface area contributed by atoms with E-state index in [0.717, 1.165) is 24.7 Å². The number of halogens is 1. The van der Waals surface area contributed by atoms with Crippen molar-refractivity contribution in [2.24, 2.45) is 5.92 Å². The van der Waals surface area contributed by atoms with Crippen molar-refractivity contribution < 1.29 is 9.90 Å². The second-order valence-electron chi connectivity index (χ2n) is 5.54. The lowest BCUT2D eigenvalue weighted by Crippen LogP contribution is -2.24. The SMILES string of the molecule is CCCC1CCCN(c2ccc(C(=O)O)c(Cl)c2)CC1. The minimum atomic E-state index is -0.972. The molecule has 20 heavy (non-hydrogen) atoms. The molecular formula is C16H22ClNO2. The van der Waals surface area contributed by atoms with Crippen molar-refractivity contribution in [1.29, 1.82) is 0 Å². The molecule has 0 radical (unpaired) electrons. The van der Waals surface area contributed by atoms with Crippen LogP contribution in [0, 0.1) is 5.92 Å². The zero-order valence-electron chi connectivity index (χ0n) is 11.9. The highest BCUT2D eigenvalue weighted by molar-refractivity contribution is 6.33. The zero-order valence-corrected chi connectivity index (χ0v) is 12.7. The normalized spacial score (nSPS) is 19.7. The van der Waals surface area contributed by atoms with Gasteiger partial charge in [-0.15, -0.1) is 0 Å². The molecular weight excluding hydrogens is 274 g/mol. The summed E-state index contributed by atoms with van der Waals surface area (Å²) in [7, 11) is 0. The average molecular weight is 296 g/mol. The summed E-state index contributed by atoms with van der Waals surface area (Å²) in [6, 6.07) is 5.26. The van der Waals surface area contributed by atoms with E-state index in [-0.39, 0.29) is 5.56 Å². The third-order valence-electron chi connectivity index (χ3n) is 4.09. The van der Waals surface area contributed by atoms with Crippen molar-refractivity contribution in [2.75, 3.05) is 18.0 Å². The summed E-state index contributed by atoms with van der Waals surface area (Å²) in [5.41, 5.74) is 1.21. The highest BCUT2D eigenvalue weighted by Crippen LogP contribution is 2.28. The summed E-state index contributed by atoms with van der Waals surface area (Å²) < 4.78 is 0. The van der Waals surface area contributed by atoms with Gasteiger partial charge in [0.2, 0.25) is 0 Å². The Morgan fingerprint density at radius 3 is 2.85 bits per heavy atom. The first-order valence-electron chi connectivity index (χ1n) is 7.39. The first-order valence-corrected chi connectivity index (χ1v) is 7.77. The van der Waals surface area contributed by atoms with E-state index < -0.39 is 5.97 Å². The van der Waals surface area contributed by atoms with E-state index in [9.17, 15) is 4.79 Å². The molecule has 1 heterocycles. The molecule has 1 N–H and O–H groups in total. The number of benzene rings is 1. The Kier molecular flexibility index (Phi) is 5.30. The van der Waals surface area contributed by atoms with Gasteiger partial charge in [0.25, 0.3) is 0 Å². The van der Waals surface area contributed by atoms with E-state index >= 15 is 0 Å². The summed E-state index contributed by atoms with van der Waals surface area (Å²) >= 11 is 6.06. The van der Waals surface area contributed by atoms with E-state index in [1.54, 1.807) is 12.1 Å². The van der Waals surface area contributed by atoms with Gasteiger partial charge >= 0.3 is 5.97 Å². The average Bonchev–Trinajstić information content (AvgIpc) is 2.64. The molecule has 2 rings (SSSR count).